The van der Waals surface area contributed by atoms with Crippen molar-refractivity contribution in [3.05, 3.63) is 78.5 Å². The van der Waals surface area contributed by atoms with E-state index < -0.39 is 0 Å². The van der Waals surface area contributed by atoms with Crippen LogP contribution < -0.4 is 0 Å². The number of aromatic nitrogens is 6. The standard InChI is InChI=1S/C26H23N7/c1-33(2)15-16-9-18(13-27-12-16)19-10-21-25(31-32-26(21)29-14-19)23-11-20-22(30-23)7-8-28-24(20)17-5-3-4-6-17/h3,5-14,30H,4,15H2,1-2H3,(H,29,31,32). The van der Waals surface area contributed by atoms with Crippen LogP contribution in [0, 0.1) is 0 Å². The molecule has 0 spiro atoms. The molecule has 0 saturated carbocycles. The van der Waals surface area contributed by atoms with Gasteiger partial charge in [-0.15, -0.1) is 0 Å². The molecule has 1 aliphatic carbocycles. The van der Waals surface area contributed by atoms with Crippen LogP contribution in [0.15, 0.2) is 67.3 Å². The fourth-order valence-corrected chi connectivity index (χ4v) is 4.41. The zero-order valence-corrected chi connectivity index (χ0v) is 18.5. The average Bonchev–Trinajstić information content (AvgIpc) is 3.57. The van der Waals surface area contributed by atoms with Crippen LogP contribution in [0.25, 0.3) is 50.0 Å². The number of H-pyrrole nitrogens is 2. The van der Waals surface area contributed by atoms with Gasteiger partial charge in [0.15, 0.2) is 5.65 Å². The minimum atomic E-state index is 0.685. The van der Waals surface area contributed by atoms with Crippen molar-refractivity contribution >= 4 is 27.5 Å². The maximum atomic E-state index is 4.64. The number of nitrogens with zero attached hydrogens (tertiary/aromatic N) is 5. The molecule has 0 unspecified atom stereocenters. The molecule has 7 heteroatoms. The minimum absolute atomic E-state index is 0.685. The maximum Gasteiger partial charge on any atom is 0.181 e. The van der Waals surface area contributed by atoms with Crippen LogP contribution >= 0.6 is 0 Å². The summed E-state index contributed by atoms with van der Waals surface area (Å²) in [6, 6.07) is 8.44. The zero-order valence-electron chi connectivity index (χ0n) is 18.5. The summed E-state index contributed by atoms with van der Waals surface area (Å²) in [7, 11) is 4.11. The molecule has 0 aliphatic heterocycles. The number of allylic oxidation sites excluding steroid dienone is 4. The van der Waals surface area contributed by atoms with Gasteiger partial charge in [0.25, 0.3) is 0 Å². The molecule has 162 valence electrons. The molecule has 0 fully saturated rings. The highest BCUT2D eigenvalue weighted by Gasteiger charge is 2.16. The SMILES string of the molecule is CN(C)Cc1cncc(-c2cnc3n[nH]c(-c4cc5c(C6=CCC=C6)nccc5[nH]4)c3c2)c1. The number of pyridine rings is 3. The lowest BCUT2D eigenvalue weighted by atomic mass is 10.1. The molecule has 0 amide bonds. The predicted octanol–water partition coefficient (Wildman–Crippen LogP) is 4.97. The van der Waals surface area contributed by atoms with Crippen LogP contribution in [0.4, 0.5) is 0 Å². The first-order valence-corrected chi connectivity index (χ1v) is 10.9. The average molecular weight is 434 g/mol. The Balaban J connectivity index is 1.45. The Labute approximate surface area is 190 Å². The van der Waals surface area contributed by atoms with E-state index in [9.17, 15) is 0 Å². The second-order valence-corrected chi connectivity index (χ2v) is 8.61. The van der Waals surface area contributed by atoms with Crippen LogP contribution in [0.5, 0.6) is 0 Å². The largest absolute Gasteiger partial charge is 0.353 e. The highest BCUT2D eigenvalue weighted by molar-refractivity contribution is 5.99. The van der Waals surface area contributed by atoms with Gasteiger partial charge in [-0.05, 0) is 55.9 Å². The highest BCUT2D eigenvalue weighted by atomic mass is 15.2. The van der Waals surface area contributed by atoms with Crippen molar-refractivity contribution in [3.63, 3.8) is 0 Å². The third-order valence-corrected chi connectivity index (χ3v) is 5.90. The van der Waals surface area contributed by atoms with Gasteiger partial charge >= 0.3 is 0 Å². The van der Waals surface area contributed by atoms with Crippen molar-refractivity contribution in [2.45, 2.75) is 13.0 Å². The molecule has 33 heavy (non-hydrogen) atoms. The number of aromatic amines is 2. The van der Waals surface area contributed by atoms with Crippen LogP contribution in [0.1, 0.15) is 17.7 Å². The number of hydrogen-bond donors (Lipinski definition) is 2. The van der Waals surface area contributed by atoms with Crippen molar-refractivity contribution in [3.8, 4) is 22.5 Å². The normalized spacial score (nSPS) is 13.5. The van der Waals surface area contributed by atoms with Crippen LogP contribution in [-0.2, 0) is 6.54 Å². The summed E-state index contributed by atoms with van der Waals surface area (Å²) in [5.74, 6) is 0. The Morgan fingerprint density at radius 1 is 1.00 bits per heavy atom. The maximum absolute atomic E-state index is 4.64. The summed E-state index contributed by atoms with van der Waals surface area (Å²) in [6.07, 6.45) is 14.9. The van der Waals surface area contributed by atoms with Gasteiger partial charge in [-0.2, -0.15) is 5.10 Å². The summed E-state index contributed by atoms with van der Waals surface area (Å²) in [6.45, 7) is 0.838. The van der Waals surface area contributed by atoms with Gasteiger partial charge < -0.3 is 9.88 Å². The van der Waals surface area contributed by atoms with Crippen LogP contribution in [0.3, 0.4) is 0 Å². The smallest absolute Gasteiger partial charge is 0.181 e. The summed E-state index contributed by atoms with van der Waals surface area (Å²) in [5.41, 5.74) is 8.98. The van der Waals surface area contributed by atoms with Crippen LogP contribution in [0.2, 0.25) is 0 Å². The number of nitrogens with one attached hydrogen (secondary N) is 2. The van der Waals surface area contributed by atoms with E-state index in [4.69, 9.17) is 0 Å². The Morgan fingerprint density at radius 3 is 2.76 bits per heavy atom. The molecule has 5 aromatic heterocycles. The van der Waals surface area contributed by atoms with E-state index in [2.05, 4.69) is 85.6 Å². The first-order valence-electron chi connectivity index (χ1n) is 10.9. The molecule has 0 saturated heterocycles. The van der Waals surface area contributed by atoms with Gasteiger partial charge in [0, 0.05) is 58.7 Å². The van der Waals surface area contributed by atoms with Gasteiger partial charge in [-0.25, -0.2) is 4.98 Å². The third-order valence-electron chi connectivity index (χ3n) is 5.90. The number of rotatable bonds is 5. The van der Waals surface area contributed by atoms with Gasteiger partial charge in [-0.1, -0.05) is 18.2 Å². The molecule has 7 nitrogen and oxygen atoms in total. The second-order valence-electron chi connectivity index (χ2n) is 8.61. The molecule has 0 bridgehead atoms. The van der Waals surface area contributed by atoms with E-state index in [1.807, 2.05) is 30.9 Å². The van der Waals surface area contributed by atoms with Crippen molar-refractivity contribution in [2.75, 3.05) is 14.1 Å². The van der Waals surface area contributed by atoms with Crippen molar-refractivity contribution < 1.29 is 0 Å². The monoisotopic (exact) mass is 433 g/mol. The summed E-state index contributed by atoms with van der Waals surface area (Å²) in [5, 5.41) is 9.68. The topological polar surface area (TPSA) is 86.4 Å². The van der Waals surface area contributed by atoms with Crippen molar-refractivity contribution in [1.29, 1.82) is 0 Å². The van der Waals surface area contributed by atoms with Gasteiger partial charge in [0.05, 0.1) is 17.1 Å². The van der Waals surface area contributed by atoms with E-state index in [0.717, 1.165) is 68.6 Å². The van der Waals surface area contributed by atoms with Gasteiger partial charge in [0.1, 0.15) is 0 Å². The molecule has 0 atom stereocenters. The van der Waals surface area contributed by atoms with E-state index in [-0.39, 0.29) is 0 Å². The Hall–Kier alpha value is -4.10. The summed E-state index contributed by atoms with van der Waals surface area (Å²) < 4.78 is 0. The molecule has 2 N–H and O–H groups in total. The number of fused-ring (bicyclic) bond motifs is 2. The molecular weight excluding hydrogens is 410 g/mol. The molecule has 0 aromatic carbocycles. The lowest BCUT2D eigenvalue weighted by Crippen LogP contribution is -2.10. The van der Waals surface area contributed by atoms with E-state index >= 15 is 0 Å². The zero-order chi connectivity index (χ0) is 22.4. The first-order chi connectivity index (χ1) is 16.2. The van der Waals surface area contributed by atoms with E-state index in [0.29, 0.717) is 5.65 Å². The van der Waals surface area contributed by atoms with Crippen molar-refractivity contribution in [2.24, 2.45) is 0 Å². The van der Waals surface area contributed by atoms with Crippen LogP contribution in [-0.4, -0.2) is 49.1 Å². The second kappa shape index (κ2) is 7.79. The molecule has 5 aromatic rings. The molecular formula is C26H23N7. The third kappa shape index (κ3) is 3.52. The van der Waals surface area contributed by atoms with E-state index in [1.165, 1.54) is 0 Å². The molecule has 1 aliphatic rings. The molecule has 6 rings (SSSR count). The van der Waals surface area contributed by atoms with Gasteiger partial charge in [-0.3, -0.25) is 15.1 Å². The Kier molecular flexibility index (Phi) is 4.62. The Bertz CT molecular complexity index is 1550. The highest BCUT2D eigenvalue weighted by Crippen LogP contribution is 2.33. The quantitative estimate of drug-likeness (QED) is 0.409. The van der Waals surface area contributed by atoms with Gasteiger partial charge in [0.2, 0.25) is 0 Å². The summed E-state index contributed by atoms with van der Waals surface area (Å²) >= 11 is 0. The predicted molar refractivity (Wildman–Crippen MR) is 131 cm³/mol. The summed E-state index contributed by atoms with van der Waals surface area (Å²) in [4.78, 5) is 19.3. The molecule has 5 heterocycles. The molecule has 0 radical (unpaired) electrons. The fraction of sp³-hybridized carbons (Fsp3) is 0.154. The van der Waals surface area contributed by atoms with Crippen molar-refractivity contribution in [1.82, 2.24) is 35.0 Å². The number of hydrogen-bond acceptors (Lipinski definition) is 5. The first kappa shape index (κ1) is 19.6. The lowest BCUT2D eigenvalue weighted by Gasteiger charge is -2.10. The minimum Gasteiger partial charge on any atom is -0.353 e. The lowest BCUT2D eigenvalue weighted by molar-refractivity contribution is 0.402. The van der Waals surface area contributed by atoms with E-state index in [1.54, 1.807) is 0 Å². The Morgan fingerprint density at radius 2 is 1.91 bits per heavy atom. The fourth-order valence-electron chi connectivity index (χ4n) is 4.41.